The van der Waals surface area contributed by atoms with Crippen LogP contribution in [-0.2, 0) is 4.79 Å². The van der Waals surface area contributed by atoms with Gasteiger partial charge in [-0.15, -0.1) is 0 Å². The topological polar surface area (TPSA) is 20.3 Å². The van der Waals surface area contributed by atoms with E-state index in [1.807, 2.05) is 47.4 Å². The third-order valence-corrected chi connectivity index (χ3v) is 5.28. The van der Waals surface area contributed by atoms with Crippen molar-refractivity contribution in [2.45, 2.75) is 18.3 Å². The molecule has 1 amide bonds. The van der Waals surface area contributed by atoms with Crippen molar-refractivity contribution in [3.05, 3.63) is 108 Å². The molecule has 0 unspecified atom stereocenters. The highest BCUT2D eigenvalue weighted by molar-refractivity contribution is 5.87. The maximum absolute atomic E-state index is 13.4. The molecule has 1 atom stereocenters. The number of benzene rings is 3. The van der Waals surface area contributed by atoms with Crippen LogP contribution in [0, 0.1) is 0 Å². The van der Waals surface area contributed by atoms with Gasteiger partial charge in [-0.3, -0.25) is 4.79 Å². The molecule has 0 bridgehead atoms. The quantitative estimate of drug-likeness (QED) is 0.665. The van der Waals surface area contributed by atoms with Crippen LogP contribution in [-0.4, -0.2) is 23.9 Å². The Morgan fingerprint density at radius 3 is 1.81 bits per heavy atom. The summed E-state index contributed by atoms with van der Waals surface area (Å²) in [5, 5.41) is 0. The van der Waals surface area contributed by atoms with Crippen LogP contribution in [0.3, 0.4) is 0 Å². The Balaban J connectivity index is 1.60. The van der Waals surface area contributed by atoms with Crippen LogP contribution in [0.2, 0.25) is 0 Å². The van der Waals surface area contributed by atoms with Gasteiger partial charge in [0.05, 0.1) is 5.92 Å². The lowest BCUT2D eigenvalue weighted by atomic mass is 9.90. The standard InChI is InChI=1S/C24H23NO/c26-24(25-17-16-22(18-25)19-10-4-1-5-11-19)23(20-12-6-2-7-13-20)21-14-8-3-9-15-21/h1-15,22-23H,16-18H2/t22-/m1/s1. The van der Waals surface area contributed by atoms with Crippen LogP contribution in [0.4, 0.5) is 0 Å². The minimum atomic E-state index is -0.230. The van der Waals surface area contributed by atoms with Crippen LogP contribution in [0.25, 0.3) is 0 Å². The number of rotatable bonds is 4. The van der Waals surface area contributed by atoms with Gasteiger partial charge in [-0.05, 0) is 23.1 Å². The number of hydrogen-bond donors (Lipinski definition) is 0. The summed E-state index contributed by atoms with van der Waals surface area (Å²) < 4.78 is 0. The number of likely N-dealkylation sites (tertiary alicyclic amines) is 1. The van der Waals surface area contributed by atoms with Crippen LogP contribution < -0.4 is 0 Å². The molecular formula is C24H23NO. The molecular weight excluding hydrogens is 318 g/mol. The monoisotopic (exact) mass is 341 g/mol. The van der Waals surface area contributed by atoms with Gasteiger partial charge in [0.25, 0.3) is 0 Å². The fraction of sp³-hybridized carbons (Fsp3) is 0.208. The molecule has 3 aromatic carbocycles. The van der Waals surface area contributed by atoms with Gasteiger partial charge in [0, 0.05) is 19.0 Å². The van der Waals surface area contributed by atoms with Gasteiger partial charge in [0.1, 0.15) is 0 Å². The van der Waals surface area contributed by atoms with E-state index in [0.29, 0.717) is 5.92 Å². The number of nitrogens with zero attached hydrogens (tertiary/aromatic N) is 1. The van der Waals surface area contributed by atoms with Crippen molar-refractivity contribution in [3.63, 3.8) is 0 Å². The van der Waals surface area contributed by atoms with Crippen LogP contribution in [0.5, 0.6) is 0 Å². The molecule has 1 aliphatic rings. The second-order valence-electron chi connectivity index (χ2n) is 6.93. The molecule has 0 aliphatic carbocycles. The van der Waals surface area contributed by atoms with E-state index >= 15 is 0 Å². The second-order valence-corrected chi connectivity index (χ2v) is 6.93. The normalized spacial score (nSPS) is 16.8. The molecule has 1 saturated heterocycles. The molecule has 0 aromatic heterocycles. The average molecular weight is 341 g/mol. The smallest absolute Gasteiger partial charge is 0.234 e. The SMILES string of the molecule is O=C(C(c1ccccc1)c1ccccc1)N1CC[C@@H](c2ccccc2)C1. The fourth-order valence-corrected chi connectivity index (χ4v) is 3.91. The minimum Gasteiger partial charge on any atom is -0.341 e. The molecule has 3 aromatic rings. The van der Waals surface area contributed by atoms with Crippen molar-refractivity contribution < 1.29 is 4.79 Å². The molecule has 0 radical (unpaired) electrons. The van der Waals surface area contributed by atoms with Crippen LogP contribution >= 0.6 is 0 Å². The molecule has 1 aliphatic heterocycles. The van der Waals surface area contributed by atoms with E-state index < -0.39 is 0 Å². The molecule has 0 saturated carbocycles. The summed E-state index contributed by atoms with van der Waals surface area (Å²) in [4.78, 5) is 15.5. The Bertz CT molecular complexity index is 806. The van der Waals surface area contributed by atoms with E-state index in [-0.39, 0.29) is 11.8 Å². The summed E-state index contributed by atoms with van der Waals surface area (Å²) in [7, 11) is 0. The first-order chi connectivity index (χ1) is 12.8. The zero-order valence-corrected chi connectivity index (χ0v) is 14.8. The van der Waals surface area contributed by atoms with Crippen molar-refractivity contribution in [2.75, 3.05) is 13.1 Å². The van der Waals surface area contributed by atoms with E-state index in [1.165, 1.54) is 5.56 Å². The highest BCUT2D eigenvalue weighted by atomic mass is 16.2. The molecule has 0 spiro atoms. The highest BCUT2D eigenvalue weighted by Gasteiger charge is 2.32. The third-order valence-electron chi connectivity index (χ3n) is 5.28. The molecule has 2 nitrogen and oxygen atoms in total. The Morgan fingerprint density at radius 2 is 1.27 bits per heavy atom. The fourth-order valence-electron chi connectivity index (χ4n) is 3.91. The lowest BCUT2D eigenvalue weighted by Gasteiger charge is -2.24. The van der Waals surface area contributed by atoms with Crippen molar-refractivity contribution in [2.24, 2.45) is 0 Å². The Hall–Kier alpha value is -2.87. The van der Waals surface area contributed by atoms with E-state index in [0.717, 1.165) is 30.6 Å². The predicted molar refractivity (Wildman–Crippen MR) is 105 cm³/mol. The molecule has 4 rings (SSSR count). The van der Waals surface area contributed by atoms with Crippen molar-refractivity contribution in [1.82, 2.24) is 4.90 Å². The van der Waals surface area contributed by atoms with Crippen molar-refractivity contribution in [1.29, 1.82) is 0 Å². The zero-order valence-electron chi connectivity index (χ0n) is 14.8. The van der Waals surface area contributed by atoms with Crippen LogP contribution in [0.15, 0.2) is 91.0 Å². The number of amides is 1. The molecule has 130 valence electrons. The maximum Gasteiger partial charge on any atom is 0.234 e. The predicted octanol–water partition coefficient (Wildman–Crippen LogP) is 4.83. The van der Waals surface area contributed by atoms with Gasteiger partial charge in [-0.25, -0.2) is 0 Å². The van der Waals surface area contributed by atoms with Gasteiger partial charge >= 0.3 is 0 Å². The number of hydrogen-bond acceptors (Lipinski definition) is 1. The summed E-state index contributed by atoms with van der Waals surface area (Å²) in [5.41, 5.74) is 3.46. The summed E-state index contributed by atoms with van der Waals surface area (Å²) in [6.45, 7) is 1.63. The van der Waals surface area contributed by atoms with Gasteiger partial charge in [0.2, 0.25) is 5.91 Å². The average Bonchev–Trinajstić information content (AvgIpc) is 3.21. The highest BCUT2D eigenvalue weighted by Crippen LogP contribution is 2.32. The Labute approximate surface area is 155 Å². The van der Waals surface area contributed by atoms with Crippen molar-refractivity contribution in [3.8, 4) is 0 Å². The first-order valence-corrected chi connectivity index (χ1v) is 9.26. The number of carbonyl (C=O) groups is 1. The molecule has 1 fully saturated rings. The van der Waals surface area contributed by atoms with Gasteiger partial charge < -0.3 is 4.90 Å². The second kappa shape index (κ2) is 7.57. The van der Waals surface area contributed by atoms with E-state index in [1.54, 1.807) is 0 Å². The van der Waals surface area contributed by atoms with Crippen LogP contribution in [0.1, 0.15) is 34.9 Å². The Morgan fingerprint density at radius 1 is 0.769 bits per heavy atom. The summed E-state index contributed by atoms with van der Waals surface area (Å²) in [5.74, 6) is 0.417. The first-order valence-electron chi connectivity index (χ1n) is 9.26. The Kier molecular flexibility index (Phi) is 4.83. The van der Waals surface area contributed by atoms with Gasteiger partial charge in [0.15, 0.2) is 0 Å². The van der Waals surface area contributed by atoms with Gasteiger partial charge in [-0.2, -0.15) is 0 Å². The van der Waals surface area contributed by atoms with E-state index in [4.69, 9.17) is 0 Å². The first kappa shape index (κ1) is 16.6. The van der Waals surface area contributed by atoms with Crippen molar-refractivity contribution >= 4 is 5.91 Å². The molecule has 0 N–H and O–H groups in total. The minimum absolute atomic E-state index is 0.209. The summed E-state index contributed by atoms with van der Waals surface area (Å²) in [6.07, 6.45) is 1.03. The molecule has 2 heteroatoms. The molecule has 1 heterocycles. The summed E-state index contributed by atoms with van der Waals surface area (Å²) in [6, 6.07) is 30.8. The number of carbonyl (C=O) groups excluding carboxylic acids is 1. The van der Waals surface area contributed by atoms with E-state index in [9.17, 15) is 4.79 Å². The molecule has 26 heavy (non-hydrogen) atoms. The maximum atomic E-state index is 13.4. The lowest BCUT2D eigenvalue weighted by Crippen LogP contribution is -2.33. The lowest BCUT2D eigenvalue weighted by molar-refractivity contribution is -0.130. The summed E-state index contributed by atoms with van der Waals surface area (Å²) >= 11 is 0. The largest absolute Gasteiger partial charge is 0.341 e. The van der Waals surface area contributed by atoms with Gasteiger partial charge in [-0.1, -0.05) is 91.0 Å². The van der Waals surface area contributed by atoms with E-state index in [2.05, 4.69) is 48.5 Å². The zero-order chi connectivity index (χ0) is 17.8. The third kappa shape index (κ3) is 3.41.